The Hall–Kier alpha value is -1.56. The van der Waals surface area contributed by atoms with Crippen molar-refractivity contribution in [1.82, 2.24) is 10.2 Å². The molecule has 1 rings (SSSR count). The van der Waals surface area contributed by atoms with Gasteiger partial charge < -0.3 is 10.2 Å². The van der Waals surface area contributed by atoms with E-state index in [-0.39, 0.29) is 12.5 Å². The van der Waals surface area contributed by atoms with Crippen LogP contribution in [0.25, 0.3) is 0 Å². The zero-order valence-electron chi connectivity index (χ0n) is 11.4. The quantitative estimate of drug-likeness (QED) is 0.834. The Morgan fingerprint density at radius 1 is 1.25 bits per heavy atom. The van der Waals surface area contributed by atoms with Gasteiger partial charge in [-0.25, -0.2) is 0 Å². The van der Waals surface area contributed by atoms with Crippen molar-refractivity contribution in [3.8, 4) is 0 Å². The Kier molecular flexibility index (Phi) is 6.51. The van der Waals surface area contributed by atoms with E-state index < -0.39 is 12.7 Å². The van der Waals surface area contributed by atoms with E-state index in [4.69, 9.17) is 0 Å². The number of amides is 1. The predicted octanol–water partition coefficient (Wildman–Crippen LogP) is 2.23. The van der Waals surface area contributed by atoms with E-state index in [1.807, 2.05) is 30.3 Å². The van der Waals surface area contributed by atoms with Crippen molar-refractivity contribution < 1.29 is 18.0 Å². The molecule has 0 bridgehead atoms. The second kappa shape index (κ2) is 7.89. The van der Waals surface area contributed by atoms with Crippen LogP contribution in [0.5, 0.6) is 0 Å². The number of carbonyl (C=O) groups is 1. The second-order valence-corrected chi connectivity index (χ2v) is 4.62. The number of aryl methyl sites for hydroxylation is 1. The fraction of sp³-hybridized carbons (Fsp3) is 0.500. The predicted molar refractivity (Wildman–Crippen MR) is 71.3 cm³/mol. The number of rotatable bonds is 7. The molecule has 1 N–H and O–H groups in total. The summed E-state index contributed by atoms with van der Waals surface area (Å²) in [4.78, 5) is 13.0. The van der Waals surface area contributed by atoms with Crippen LogP contribution in [-0.4, -0.2) is 43.7 Å². The molecule has 112 valence electrons. The molecule has 0 aromatic heterocycles. The van der Waals surface area contributed by atoms with Crippen LogP contribution in [0.4, 0.5) is 13.2 Å². The SMILES string of the molecule is CN(CCCc1ccccc1)C(=O)CNCC(F)(F)F. The molecule has 0 aliphatic carbocycles. The van der Waals surface area contributed by atoms with E-state index in [0.717, 1.165) is 12.8 Å². The van der Waals surface area contributed by atoms with Gasteiger partial charge >= 0.3 is 6.18 Å². The van der Waals surface area contributed by atoms with Crippen molar-refractivity contribution >= 4 is 5.91 Å². The molecule has 1 aromatic rings. The fourth-order valence-corrected chi connectivity index (χ4v) is 1.74. The highest BCUT2D eigenvalue weighted by atomic mass is 19.4. The van der Waals surface area contributed by atoms with Crippen LogP contribution in [0, 0.1) is 0 Å². The van der Waals surface area contributed by atoms with Crippen LogP contribution in [0.3, 0.4) is 0 Å². The van der Waals surface area contributed by atoms with Gasteiger partial charge in [-0.3, -0.25) is 4.79 Å². The maximum atomic E-state index is 11.9. The third kappa shape index (κ3) is 7.13. The summed E-state index contributed by atoms with van der Waals surface area (Å²) in [5.41, 5.74) is 1.18. The number of nitrogens with zero attached hydrogens (tertiary/aromatic N) is 1. The summed E-state index contributed by atoms with van der Waals surface area (Å²) in [5.74, 6) is -0.331. The molecule has 20 heavy (non-hydrogen) atoms. The molecule has 0 aliphatic heterocycles. The largest absolute Gasteiger partial charge is 0.401 e. The molecule has 6 heteroatoms. The summed E-state index contributed by atoms with van der Waals surface area (Å²) < 4.78 is 35.7. The second-order valence-electron chi connectivity index (χ2n) is 4.62. The first-order valence-electron chi connectivity index (χ1n) is 6.44. The van der Waals surface area contributed by atoms with Crippen LogP contribution in [0.15, 0.2) is 30.3 Å². The molecule has 0 spiro atoms. The molecule has 0 unspecified atom stereocenters. The monoisotopic (exact) mass is 288 g/mol. The molecule has 0 atom stereocenters. The van der Waals surface area contributed by atoms with Crippen molar-refractivity contribution in [3.05, 3.63) is 35.9 Å². The highest BCUT2D eigenvalue weighted by Gasteiger charge is 2.26. The highest BCUT2D eigenvalue weighted by molar-refractivity contribution is 5.77. The number of hydrogen-bond acceptors (Lipinski definition) is 2. The molecule has 0 saturated heterocycles. The molecular formula is C14H19F3N2O. The first-order valence-corrected chi connectivity index (χ1v) is 6.44. The van der Waals surface area contributed by atoms with Crippen molar-refractivity contribution in [3.63, 3.8) is 0 Å². The number of nitrogens with one attached hydrogen (secondary N) is 1. The molecule has 1 amide bonds. The molecule has 0 radical (unpaired) electrons. The molecule has 0 heterocycles. The maximum Gasteiger partial charge on any atom is 0.401 e. The first kappa shape index (κ1) is 16.5. The molecule has 1 aromatic carbocycles. The van der Waals surface area contributed by atoms with Gasteiger partial charge in [-0.15, -0.1) is 0 Å². The third-order valence-electron chi connectivity index (χ3n) is 2.83. The lowest BCUT2D eigenvalue weighted by atomic mass is 10.1. The van der Waals surface area contributed by atoms with Gasteiger partial charge in [0.1, 0.15) is 0 Å². The molecule has 3 nitrogen and oxygen atoms in total. The number of alkyl halides is 3. The van der Waals surface area contributed by atoms with Crippen LogP contribution in [0.1, 0.15) is 12.0 Å². The Balaban J connectivity index is 2.18. The van der Waals surface area contributed by atoms with E-state index in [2.05, 4.69) is 5.32 Å². The van der Waals surface area contributed by atoms with Crippen LogP contribution >= 0.6 is 0 Å². The van der Waals surface area contributed by atoms with Gasteiger partial charge in [-0.1, -0.05) is 30.3 Å². The number of likely N-dealkylation sites (N-methyl/N-ethyl adjacent to an activating group) is 1. The van der Waals surface area contributed by atoms with Crippen LogP contribution in [0.2, 0.25) is 0 Å². The average Bonchev–Trinajstić information content (AvgIpc) is 2.38. The van der Waals surface area contributed by atoms with Crippen molar-refractivity contribution in [2.75, 3.05) is 26.7 Å². The minimum absolute atomic E-state index is 0.290. The number of carbonyl (C=O) groups excluding carboxylic acids is 1. The van der Waals surface area contributed by atoms with E-state index in [9.17, 15) is 18.0 Å². The molecule has 0 aliphatic rings. The van der Waals surface area contributed by atoms with Gasteiger partial charge in [0, 0.05) is 13.6 Å². The van der Waals surface area contributed by atoms with Crippen molar-refractivity contribution in [2.45, 2.75) is 19.0 Å². The lowest BCUT2D eigenvalue weighted by molar-refractivity contribution is -0.133. The Morgan fingerprint density at radius 3 is 2.50 bits per heavy atom. The summed E-state index contributed by atoms with van der Waals surface area (Å²) in [6.45, 7) is -0.903. The van der Waals surface area contributed by atoms with E-state index in [0.29, 0.717) is 6.54 Å². The summed E-state index contributed by atoms with van der Waals surface area (Å²) >= 11 is 0. The normalized spacial score (nSPS) is 11.4. The molecule has 0 fully saturated rings. The highest BCUT2D eigenvalue weighted by Crippen LogP contribution is 2.11. The summed E-state index contributed by atoms with van der Waals surface area (Å²) in [5, 5.41) is 2.10. The Bertz CT molecular complexity index is 407. The maximum absolute atomic E-state index is 11.9. The van der Waals surface area contributed by atoms with E-state index in [1.165, 1.54) is 10.5 Å². The summed E-state index contributed by atoms with van der Waals surface area (Å²) in [6, 6.07) is 9.85. The number of benzene rings is 1. The van der Waals surface area contributed by atoms with Gasteiger partial charge in [-0.05, 0) is 18.4 Å². The lowest BCUT2D eigenvalue weighted by Gasteiger charge is -2.17. The topological polar surface area (TPSA) is 32.3 Å². The van der Waals surface area contributed by atoms with Gasteiger partial charge in [0.15, 0.2) is 0 Å². The summed E-state index contributed by atoms with van der Waals surface area (Å²) in [6.07, 6.45) is -2.66. The fourth-order valence-electron chi connectivity index (χ4n) is 1.74. The lowest BCUT2D eigenvalue weighted by Crippen LogP contribution is -2.39. The van der Waals surface area contributed by atoms with Crippen molar-refractivity contribution in [2.24, 2.45) is 0 Å². The first-order chi connectivity index (χ1) is 9.38. The van der Waals surface area contributed by atoms with E-state index in [1.54, 1.807) is 7.05 Å². The smallest absolute Gasteiger partial charge is 0.345 e. The zero-order chi connectivity index (χ0) is 15.0. The van der Waals surface area contributed by atoms with Gasteiger partial charge in [0.25, 0.3) is 0 Å². The molecular weight excluding hydrogens is 269 g/mol. The van der Waals surface area contributed by atoms with Crippen molar-refractivity contribution in [1.29, 1.82) is 0 Å². The Labute approximate surface area is 116 Å². The minimum Gasteiger partial charge on any atom is -0.345 e. The summed E-state index contributed by atoms with van der Waals surface area (Å²) in [7, 11) is 1.60. The minimum atomic E-state index is -4.29. The standard InChI is InChI=1S/C14H19F3N2O/c1-19(13(20)10-18-11-14(15,16)17)9-5-8-12-6-3-2-4-7-12/h2-4,6-7,18H,5,8-11H2,1H3. The van der Waals surface area contributed by atoms with Crippen LogP contribution in [-0.2, 0) is 11.2 Å². The average molecular weight is 288 g/mol. The molecule has 0 saturated carbocycles. The van der Waals surface area contributed by atoms with E-state index >= 15 is 0 Å². The van der Waals surface area contributed by atoms with Crippen LogP contribution < -0.4 is 5.32 Å². The third-order valence-corrected chi connectivity index (χ3v) is 2.83. The van der Waals surface area contributed by atoms with Gasteiger partial charge in [0.2, 0.25) is 5.91 Å². The van der Waals surface area contributed by atoms with Gasteiger partial charge in [-0.2, -0.15) is 13.2 Å². The zero-order valence-corrected chi connectivity index (χ0v) is 11.4. The number of hydrogen-bond donors (Lipinski definition) is 1. The number of halogens is 3. The van der Waals surface area contributed by atoms with Gasteiger partial charge in [0.05, 0.1) is 13.1 Å². The Morgan fingerprint density at radius 2 is 1.90 bits per heavy atom.